The van der Waals surface area contributed by atoms with E-state index in [-0.39, 0.29) is 11.6 Å². The van der Waals surface area contributed by atoms with E-state index in [1.165, 1.54) is 24.3 Å². The number of nitrogens with one attached hydrogen (secondary N) is 1. The van der Waals surface area contributed by atoms with Gasteiger partial charge >= 0.3 is 0 Å². The monoisotopic (exact) mass is 354 g/mol. The molecule has 0 spiro atoms. The van der Waals surface area contributed by atoms with Gasteiger partial charge in [0.15, 0.2) is 5.82 Å². The zero-order valence-electron chi connectivity index (χ0n) is 14.0. The van der Waals surface area contributed by atoms with E-state index < -0.39 is 4.92 Å². The van der Waals surface area contributed by atoms with E-state index >= 15 is 0 Å². The Morgan fingerprint density at radius 1 is 1.27 bits per heavy atom. The molecule has 0 unspecified atom stereocenters. The molecule has 0 saturated carbocycles. The molecule has 0 bridgehead atoms. The fourth-order valence-corrected chi connectivity index (χ4v) is 2.61. The van der Waals surface area contributed by atoms with Crippen LogP contribution in [-0.2, 0) is 9.53 Å². The number of carbonyl (C=O) groups excluding carboxylic acids is 1. The Morgan fingerprint density at radius 2 is 2.08 bits per heavy atom. The summed E-state index contributed by atoms with van der Waals surface area (Å²) in [6, 6.07) is 9.63. The van der Waals surface area contributed by atoms with Gasteiger partial charge in [-0.2, -0.15) is 0 Å². The molecule has 1 amide bonds. The van der Waals surface area contributed by atoms with E-state index in [1.807, 2.05) is 0 Å². The predicted molar refractivity (Wildman–Crippen MR) is 98.0 cm³/mol. The Labute approximate surface area is 150 Å². The van der Waals surface area contributed by atoms with Gasteiger partial charge in [0.25, 0.3) is 5.69 Å². The molecule has 0 atom stereocenters. The molecule has 26 heavy (non-hydrogen) atoms. The number of nitrogens with zero attached hydrogens (tertiary/aromatic N) is 3. The lowest BCUT2D eigenvalue weighted by molar-refractivity contribution is -0.384. The van der Waals surface area contributed by atoms with Crippen molar-refractivity contribution in [3.05, 3.63) is 64.3 Å². The molecule has 2 heterocycles. The van der Waals surface area contributed by atoms with Crippen molar-refractivity contribution in [1.82, 2.24) is 4.98 Å². The van der Waals surface area contributed by atoms with Gasteiger partial charge in [0.2, 0.25) is 5.91 Å². The molecule has 0 radical (unpaired) electrons. The Bertz CT molecular complexity index is 831. The van der Waals surface area contributed by atoms with E-state index in [9.17, 15) is 14.9 Å². The van der Waals surface area contributed by atoms with Crippen LogP contribution in [0.3, 0.4) is 0 Å². The van der Waals surface area contributed by atoms with E-state index in [1.54, 1.807) is 30.5 Å². The summed E-state index contributed by atoms with van der Waals surface area (Å²) in [5.74, 6) is 0.368. The van der Waals surface area contributed by atoms with Gasteiger partial charge in [-0.25, -0.2) is 4.98 Å². The highest BCUT2D eigenvalue weighted by Crippen LogP contribution is 2.23. The summed E-state index contributed by atoms with van der Waals surface area (Å²) in [5.41, 5.74) is 1.17. The second-order valence-corrected chi connectivity index (χ2v) is 5.65. The van der Waals surface area contributed by atoms with Crippen molar-refractivity contribution >= 4 is 29.2 Å². The third kappa shape index (κ3) is 4.42. The van der Waals surface area contributed by atoms with Crippen LogP contribution in [0.1, 0.15) is 5.56 Å². The lowest BCUT2D eigenvalue weighted by Crippen LogP contribution is -2.37. The van der Waals surface area contributed by atoms with Crippen LogP contribution in [0.4, 0.5) is 17.2 Å². The first-order valence-corrected chi connectivity index (χ1v) is 8.15. The van der Waals surface area contributed by atoms with Crippen LogP contribution in [0.15, 0.2) is 48.7 Å². The third-order valence-corrected chi connectivity index (χ3v) is 3.86. The third-order valence-electron chi connectivity index (χ3n) is 3.86. The van der Waals surface area contributed by atoms with E-state index in [0.717, 1.165) is 0 Å². The van der Waals surface area contributed by atoms with Crippen LogP contribution in [0.2, 0.25) is 0 Å². The summed E-state index contributed by atoms with van der Waals surface area (Å²) in [6.45, 7) is 2.67. The molecule has 1 aromatic heterocycles. The first-order chi connectivity index (χ1) is 12.6. The fraction of sp³-hybridized carbons (Fsp3) is 0.222. The number of ether oxygens (including phenoxy) is 1. The minimum Gasteiger partial charge on any atom is -0.378 e. The average Bonchev–Trinajstić information content (AvgIpc) is 2.68. The van der Waals surface area contributed by atoms with E-state index in [2.05, 4.69) is 15.2 Å². The number of rotatable bonds is 5. The molecule has 1 aromatic carbocycles. The highest BCUT2D eigenvalue weighted by Gasteiger charge is 2.16. The molecule has 8 nitrogen and oxygen atoms in total. The van der Waals surface area contributed by atoms with Gasteiger partial charge in [-0.05, 0) is 23.8 Å². The van der Waals surface area contributed by atoms with Crippen molar-refractivity contribution in [3.63, 3.8) is 0 Å². The highest BCUT2D eigenvalue weighted by molar-refractivity contribution is 6.03. The zero-order chi connectivity index (χ0) is 18.4. The number of aromatic nitrogens is 1. The first kappa shape index (κ1) is 17.6. The second kappa shape index (κ2) is 8.21. The van der Waals surface area contributed by atoms with Crippen LogP contribution >= 0.6 is 0 Å². The van der Waals surface area contributed by atoms with Crippen LogP contribution in [-0.4, -0.2) is 42.1 Å². The number of non-ortho nitro benzene ring substituents is 1. The molecule has 134 valence electrons. The maximum atomic E-state index is 12.2. The Balaban J connectivity index is 1.70. The average molecular weight is 354 g/mol. The lowest BCUT2D eigenvalue weighted by Gasteiger charge is -2.29. The quantitative estimate of drug-likeness (QED) is 0.503. The van der Waals surface area contributed by atoms with Gasteiger partial charge < -0.3 is 15.0 Å². The Morgan fingerprint density at radius 3 is 2.85 bits per heavy atom. The van der Waals surface area contributed by atoms with Gasteiger partial charge in [-0.3, -0.25) is 14.9 Å². The summed E-state index contributed by atoms with van der Waals surface area (Å²) in [7, 11) is 0. The summed E-state index contributed by atoms with van der Waals surface area (Å²) in [4.78, 5) is 29.0. The Hall–Kier alpha value is -3.26. The van der Waals surface area contributed by atoms with Crippen LogP contribution in [0.5, 0.6) is 0 Å². The van der Waals surface area contributed by atoms with Crippen LogP contribution in [0.25, 0.3) is 6.08 Å². The highest BCUT2D eigenvalue weighted by atomic mass is 16.6. The number of nitro groups is 1. The standard InChI is InChI=1S/C18H18N4O4/c23-17(7-6-14-3-1-4-15(13-14)22(24)25)20-16-5-2-8-19-18(16)21-9-11-26-12-10-21/h1-8,13H,9-12H2,(H,20,23)/b7-6+. The lowest BCUT2D eigenvalue weighted by atomic mass is 10.2. The minimum atomic E-state index is -0.471. The molecule has 3 rings (SSSR count). The number of amides is 1. The smallest absolute Gasteiger partial charge is 0.270 e. The Kier molecular flexibility index (Phi) is 5.55. The molecule has 1 N–H and O–H groups in total. The number of nitro benzene ring substituents is 1. The van der Waals surface area contributed by atoms with Crippen molar-refractivity contribution in [3.8, 4) is 0 Å². The topological polar surface area (TPSA) is 97.6 Å². The maximum absolute atomic E-state index is 12.2. The number of benzene rings is 1. The number of carbonyl (C=O) groups is 1. The molecule has 1 saturated heterocycles. The number of hydrogen-bond donors (Lipinski definition) is 1. The predicted octanol–water partition coefficient (Wildman–Crippen LogP) is 2.48. The van der Waals surface area contributed by atoms with Crippen molar-refractivity contribution in [2.75, 3.05) is 36.5 Å². The molecule has 2 aromatic rings. The number of anilines is 2. The number of hydrogen-bond acceptors (Lipinski definition) is 6. The molecule has 1 fully saturated rings. The molecule has 1 aliphatic heterocycles. The van der Waals surface area contributed by atoms with Crippen LogP contribution in [0, 0.1) is 10.1 Å². The minimum absolute atomic E-state index is 0.0191. The van der Waals surface area contributed by atoms with Crippen molar-refractivity contribution in [2.24, 2.45) is 0 Å². The van der Waals surface area contributed by atoms with Gasteiger partial charge in [0.1, 0.15) is 0 Å². The van der Waals surface area contributed by atoms with Gasteiger partial charge in [0.05, 0.1) is 23.8 Å². The van der Waals surface area contributed by atoms with Gasteiger partial charge in [0, 0.05) is 37.5 Å². The maximum Gasteiger partial charge on any atom is 0.270 e. The summed E-state index contributed by atoms with van der Waals surface area (Å²) >= 11 is 0. The van der Waals surface area contributed by atoms with Crippen molar-refractivity contribution in [2.45, 2.75) is 0 Å². The summed E-state index contributed by atoms with van der Waals surface area (Å²) in [6.07, 6.45) is 4.56. The molecule has 8 heteroatoms. The fourth-order valence-electron chi connectivity index (χ4n) is 2.61. The zero-order valence-corrected chi connectivity index (χ0v) is 14.0. The SMILES string of the molecule is O=C(/C=C/c1cccc([N+](=O)[O-])c1)Nc1cccnc1N1CCOCC1. The normalized spacial score (nSPS) is 14.4. The summed E-state index contributed by atoms with van der Waals surface area (Å²) < 4.78 is 5.34. The first-order valence-electron chi connectivity index (χ1n) is 8.15. The number of morpholine rings is 1. The molecular formula is C18H18N4O4. The van der Waals surface area contributed by atoms with Crippen LogP contribution < -0.4 is 10.2 Å². The summed E-state index contributed by atoms with van der Waals surface area (Å²) in [5, 5.41) is 13.6. The molecule has 0 aliphatic carbocycles. The van der Waals surface area contributed by atoms with Crippen molar-refractivity contribution < 1.29 is 14.5 Å². The van der Waals surface area contributed by atoms with Gasteiger partial charge in [-0.1, -0.05) is 12.1 Å². The molecular weight excluding hydrogens is 336 g/mol. The molecule has 1 aliphatic rings. The second-order valence-electron chi connectivity index (χ2n) is 5.65. The van der Waals surface area contributed by atoms with E-state index in [0.29, 0.717) is 43.4 Å². The van der Waals surface area contributed by atoms with E-state index in [4.69, 9.17) is 4.74 Å². The van der Waals surface area contributed by atoms with Gasteiger partial charge in [-0.15, -0.1) is 0 Å². The van der Waals surface area contributed by atoms with Crippen molar-refractivity contribution in [1.29, 1.82) is 0 Å². The largest absolute Gasteiger partial charge is 0.378 e. The number of pyridine rings is 1.